The molecule has 0 bridgehead atoms. The van der Waals surface area contributed by atoms with Gasteiger partial charge in [-0.3, -0.25) is 9.89 Å². The number of methoxy groups -OCH3 is 1. The van der Waals surface area contributed by atoms with Crippen molar-refractivity contribution in [3.8, 4) is 0 Å². The lowest BCUT2D eigenvalue weighted by molar-refractivity contribution is 0.203. The van der Waals surface area contributed by atoms with E-state index in [0.717, 1.165) is 32.1 Å². The van der Waals surface area contributed by atoms with Crippen LogP contribution in [0, 0.1) is 0 Å². The summed E-state index contributed by atoms with van der Waals surface area (Å²) >= 11 is 0. The lowest BCUT2D eigenvalue weighted by Crippen LogP contribution is -2.40. The van der Waals surface area contributed by atoms with Crippen LogP contribution in [0.3, 0.4) is 0 Å². The Balaban J connectivity index is 0.00000484. The number of aliphatic imine (C=N–C) groups is 1. The Morgan fingerprint density at radius 2 is 1.96 bits per heavy atom. The molecule has 1 aromatic rings. The van der Waals surface area contributed by atoms with Gasteiger partial charge in [-0.15, -0.1) is 24.0 Å². The standard InChI is InChI=1S/C17H30N4O.HI/c1-5-18-17(19-11-12-22-4)20-13-15(2)21(3)14-16-9-7-6-8-10-16;/h6-10,15H,5,11-14H2,1-4H3,(H2,18,19,20);1H. The van der Waals surface area contributed by atoms with E-state index in [1.807, 2.05) is 6.07 Å². The van der Waals surface area contributed by atoms with Crippen molar-refractivity contribution in [2.45, 2.75) is 26.4 Å². The second kappa shape index (κ2) is 13.6. The van der Waals surface area contributed by atoms with Gasteiger partial charge in [0.1, 0.15) is 0 Å². The summed E-state index contributed by atoms with van der Waals surface area (Å²) < 4.78 is 5.05. The Morgan fingerprint density at radius 1 is 1.26 bits per heavy atom. The van der Waals surface area contributed by atoms with Crippen LogP contribution in [-0.4, -0.2) is 57.3 Å². The monoisotopic (exact) mass is 434 g/mol. The second-order valence-electron chi connectivity index (χ2n) is 5.39. The van der Waals surface area contributed by atoms with Crippen LogP contribution < -0.4 is 10.6 Å². The number of ether oxygens (including phenoxy) is 1. The maximum absolute atomic E-state index is 5.05. The van der Waals surface area contributed by atoms with E-state index >= 15 is 0 Å². The first kappa shape index (κ1) is 22.1. The minimum absolute atomic E-state index is 0. The number of guanidine groups is 1. The van der Waals surface area contributed by atoms with Gasteiger partial charge in [-0.1, -0.05) is 30.3 Å². The lowest BCUT2D eigenvalue weighted by Gasteiger charge is -2.23. The molecule has 0 aliphatic heterocycles. The predicted molar refractivity (Wildman–Crippen MR) is 109 cm³/mol. The van der Waals surface area contributed by atoms with Crippen molar-refractivity contribution < 1.29 is 4.74 Å². The molecular formula is C17H31IN4O. The summed E-state index contributed by atoms with van der Waals surface area (Å²) in [5.74, 6) is 0.847. The summed E-state index contributed by atoms with van der Waals surface area (Å²) in [6, 6.07) is 10.9. The highest BCUT2D eigenvalue weighted by Gasteiger charge is 2.09. The fourth-order valence-corrected chi connectivity index (χ4v) is 2.00. The molecule has 6 heteroatoms. The molecule has 0 fully saturated rings. The first-order valence-corrected chi connectivity index (χ1v) is 7.92. The van der Waals surface area contributed by atoms with Crippen molar-refractivity contribution in [2.24, 2.45) is 4.99 Å². The average Bonchev–Trinajstić information content (AvgIpc) is 2.53. The van der Waals surface area contributed by atoms with Crippen LogP contribution in [0.4, 0.5) is 0 Å². The summed E-state index contributed by atoms with van der Waals surface area (Å²) in [7, 11) is 3.84. The van der Waals surface area contributed by atoms with Gasteiger partial charge in [0.25, 0.3) is 0 Å². The van der Waals surface area contributed by atoms with Crippen molar-refractivity contribution in [1.82, 2.24) is 15.5 Å². The number of hydrogen-bond donors (Lipinski definition) is 2. The van der Waals surface area contributed by atoms with E-state index in [1.54, 1.807) is 7.11 Å². The molecule has 2 N–H and O–H groups in total. The zero-order valence-corrected chi connectivity index (χ0v) is 17.0. The van der Waals surface area contributed by atoms with Gasteiger partial charge in [-0.25, -0.2) is 0 Å². The van der Waals surface area contributed by atoms with Crippen molar-refractivity contribution in [3.05, 3.63) is 35.9 Å². The highest BCUT2D eigenvalue weighted by atomic mass is 127. The van der Waals surface area contributed by atoms with Gasteiger partial charge in [-0.2, -0.15) is 0 Å². The number of benzene rings is 1. The molecule has 0 aliphatic carbocycles. The summed E-state index contributed by atoms with van der Waals surface area (Å²) in [5.41, 5.74) is 1.32. The van der Waals surface area contributed by atoms with Crippen LogP contribution in [0.5, 0.6) is 0 Å². The summed E-state index contributed by atoms with van der Waals surface area (Å²) in [4.78, 5) is 6.96. The second-order valence-corrected chi connectivity index (χ2v) is 5.39. The molecule has 23 heavy (non-hydrogen) atoms. The lowest BCUT2D eigenvalue weighted by atomic mass is 10.2. The normalized spacial score (nSPS) is 12.7. The first-order valence-electron chi connectivity index (χ1n) is 7.92. The molecule has 1 rings (SSSR count). The average molecular weight is 434 g/mol. The fourth-order valence-electron chi connectivity index (χ4n) is 2.00. The first-order chi connectivity index (χ1) is 10.7. The van der Waals surface area contributed by atoms with Gasteiger partial charge in [0.05, 0.1) is 13.2 Å². The van der Waals surface area contributed by atoms with Gasteiger partial charge in [0, 0.05) is 32.8 Å². The molecular weight excluding hydrogens is 403 g/mol. The molecule has 0 heterocycles. The topological polar surface area (TPSA) is 48.9 Å². The Hall–Kier alpha value is -0.860. The number of nitrogens with one attached hydrogen (secondary N) is 2. The Labute approximate surface area is 157 Å². The highest BCUT2D eigenvalue weighted by molar-refractivity contribution is 14.0. The summed E-state index contributed by atoms with van der Waals surface area (Å²) in [5, 5.41) is 6.51. The van der Waals surface area contributed by atoms with Crippen molar-refractivity contribution in [3.63, 3.8) is 0 Å². The third kappa shape index (κ3) is 9.78. The van der Waals surface area contributed by atoms with E-state index in [2.05, 4.69) is 65.7 Å². The third-order valence-electron chi connectivity index (χ3n) is 3.48. The number of likely N-dealkylation sites (N-methyl/N-ethyl adjacent to an activating group) is 1. The van der Waals surface area contributed by atoms with E-state index in [4.69, 9.17) is 4.74 Å². The Kier molecular flexibility index (Phi) is 13.1. The van der Waals surface area contributed by atoms with Crippen LogP contribution in [0.1, 0.15) is 19.4 Å². The van der Waals surface area contributed by atoms with Crippen molar-refractivity contribution >= 4 is 29.9 Å². The molecule has 5 nitrogen and oxygen atoms in total. The zero-order valence-electron chi connectivity index (χ0n) is 14.7. The minimum atomic E-state index is 0. The fraction of sp³-hybridized carbons (Fsp3) is 0.588. The maximum Gasteiger partial charge on any atom is 0.191 e. The van der Waals surface area contributed by atoms with Gasteiger partial charge in [0.2, 0.25) is 0 Å². The molecule has 1 atom stereocenters. The largest absolute Gasteiger partial charge is 0.383 e. The number of nitrogens with zero attached hydrogens (tertiary/aromatic N) is 2. The molecule has 132 valence electrons. The smallest absolute Gasteiger partial charge is 0.191 e. The number of rotatable bonds is 9. The summed E-state index contributed by atoms with van der Waals surface area (Å²) in [6.45, 7) is 8.25. The molecule has 0 saturated heterocycles. The minimum Gasteiger partial charge on any atom is -0.383 e. The Bertz CT molecular complexity index is 428. The highest BCUT2D eigenvalue weighted by Crippen LogP contribution is 2.06. The maximum atomic E-state index is 5.05. The molecule has 0 radical (unpaired) electrons. The van der Waals surface area contributed by atoms with E-state index in [-0.39, 0.29) is 24.0 Å². The quantitative estimate of drug-likeness (QED) is 0.271. The van der Waals surface area contributed by atoms with Gasteiger partial charge < -0.3 is 15.4 Å². The van der Waals surface area contributed by atoms with Gasteiger partial charge in [-0.05, 0) is 26.5 Å². The van der Waals surface area contributed by atoms with Crippen LogP contribution in [0.2, 0.25) is 0 Å². The van der Waals surface area contributed by atoms with Crippen molar-refractivity contribution in [1.29, 1.82) is 0 Å². The molecule has 0 aromatic heterocycles. The van der Waals surface area contributed by atoms with E-state index in [9.17, 15) is 0 Å². The van der Waals surface area contributed by atoms with E-state index in [0.29, 0.717) is 12.6 Å². The number of hydrogen-bond acceptors (Lipinski definition) is 3. The van der Waals surface area contributed by atoms with Crippen LogP contribution in [0.25, 0.3) is 0 Å². The van der Waals surface area contributed by atoms with Gasteiger partial charge in [0.15, 0.2) is 5.96 Å². The van der Waals surface area contributed by atoms with Crippen LogP contribution in [-0.2, 0) is 11.3 Å². The number of halogens is 1. The SMILES string of the molecule is CCNC(=NCC(C)N(C)Cc1ccccc1)NCCOC.I. The molecule has 0 spiro atoms. The Morgan fingerprint density at radius 3 is 2.57 bits per heavy atom. The predicted octanol–water partition coefficient (Wildman–Crippen LogP) is 2.33. The molecule has 1 aromatic carbocycles. The zero-order chi connectivity index (χ0) is 16.2. The molecule has 1 unspecified atom stereocenters. The third-order valence-corrected chi connectivity index (χ3v) is 3.48. The van der Waals surface area contributed by atoms with E-state index < -0.39 is 0 Å². The van der Waals surface area contributed by atoms with Crippen LogP contribution >= 0.6 is 24.0 Å². The molecule has 0 aliphatic rings. The summed E-state index contributed by atoms with van der Waals surface area (Å²) in [6.07, 6.45) is 0. The molecule has 0 saturated carbocycles. The van der Waals surface area contributed by atoms with E-state index in [1.165, 1.54) is 5.56 Å². The van der Waals surface area contributed by atoms with Gasteiger partial charge >= 0.3 is 0 Å². The van der Waals surface area contributed by atoms with Crippen molar-refractivity contribution in [2.75, 3.05) is 40.4 Å². The molecule has 0 amide bonds. The van der Waals surface area contributed by atoms with Crippen LogP contribution in [0.15, 0.2) is 35.3 Å².